The number of rotatable bonds is 6. The molecule has 0 aliphatic rings. The summed E-state index contributed by atoms with van der Waals surface area (Å²) in [5, 5.41) is 10.8. The summed E-state index contributed by atoms with van der Waals surface area (Å²) in [5.41, 5.74) is 5.95. The van der Waals surface area contributed by atoms with Crippen LogP contribution in [0.1, 0.15) is 13.3 Å². The van der Waals surface area contributed by atoms with Crippen molar-refractivity contribution in [2.45, 2.75) is 13.3 Å². The first-order valence-corrected chi connectivity index (χ1v) is 7.83. The van der Waals surface area contributed by atoms with E-state index in [2.05, 4.69) is 0 Å². The number of phenolic OH excluding ortho intramolecular Hbond substituents is 1. The van der Waals surface area contributed by atoms with Gasteiger partial charge in [-0.15, -0.1) is 0 Å². The molecule has 0 aliphatic carbocycles. The van der Waals surface area contributed by atoms with E-state index < -0.39 is 0 Å². The zero-order valence-electron chi connectivity index (χ0n) is 13.4. The van der Waals surface area contributed by atoms with E-state index in [9.17, 15) is 9.90 Å². The quantitative estimate of drug-likeness (QED) is 0.675. The van der Waals surface area contributed by atoms with Crippen LogP contribution in [-0.4, -0.2) is 24.9 Å². The molecular formula is C18H19NO5. The summed E-state index contributed by atoms with van der Waals surface area (Å²) < 4.78 is 16.7. The largest absolute Gasteiger partial charge is 0.504 e. The van der Waals surface area contributed by atoms with E-state index >= 15 is 0 Å². The molecule has 6 heteroatoms. The Balaban J connectivity index is 2.16. The van der Waals surface area contributed by atoms with E-state index in [-0.39, 0.29) is 16.9 Å². The molecule has 0 fully saturated rings. The lowest BCUT2D eigenvalue weighted by atomic mass is 10.1. The molecular weight excluding hydrogens is 310 g/mol. The lowest BCUT2D eigenvalue weighted by molar-refractivity contribution is 0.300. The second-order valence-corrected chi connectivity index (χ2v) is 5.39. The fourth-order valence-corrected chi connectivity index (χ4v) is 2.44. The van der Waals surface area contributed by atoms with Crippen molar-refractivity contribution in [2.24, 2.45) is 5.73 Å². The molecule has 1 aromatic heterocycles. The van der Waals surface area contributed by atoms with Crippen LogP contribution in [0.3, 0.4) is 0 Å². The summed E-state index contributed by atoms with van der Waals surface area (Å²) in [5.74, 6) is 0.772. The molecule has 6 nitrogen and oxygen atoms in total. The maximum absolute atomic E-state index is 12.8. The average Bonchev–Trinajstić information content (AvgIpc) is 2.59. The normalized spacial score (nSPS) is 11.1. The predicted octanol–water partition coefficient (Wildman–Crippen LogP) is 2.78. The summed E-state index contributed by atoms with van der Waals surface area (Å²) in [4.78, 5) is 12.8. The third kappa shape index (κ3) is 3.00. The van der Waals surface area contributed by atoms with Crippen molar-refractivity contribution >= 4 is 21.9 Å². The van der Waals surface area contributed by atoms with Crippen LogP contribution in [0.5, 0.6) is 17.2 Å². The van der Waals surface area contributed by atoms with Crippen molar-refractivity contribution in [1.29, 1.82) is 0 Å². The van der Waals surface area contributed by atoms with Gasteiger partial charge < -0.3 is 24.7 Å². The number of nitrogens with two attached hydrogens (primary N) is 1. The van der Waals surface area contributed by atoms with E-state index in [1.165, 1.54) is 12.1 Å². The van der Waals surface area contributed by atoms with Crippen LogP contribution >= 0.6 is 0 Å². The molecule has 2 aromatic carbocycles. The summed E-state index contributed by atoms with van der Waals surface area (Å²) in [6.07, 6.45) is 0.797. The number of hydrogen-bond acceptors (Lipinski definition) is 6. The Morgan fingerprint density at radius 3 is 2.62 bits per heavy atom. The maximum atomic E-state index is 12.8. The number of ether oxygens (including phenoxy) is 2. The molecule has 3 N–H and O–H groups in total. The summed E-state index contributed by atoms with van der Waals surface area (Å²) in [7, 11) is 0. The van der Waals surface area contributed by atoms with Crippen LogP contribution in [0.15, 0.2) is 39.5 Å². The minimum absolute atomic E-state index is 0.0543. The number of aromatic hydroxyl groups is 1. The molecule has 0 bridgehead atoms. The van der Waals surface area contributed by atoms with Crippen molar-refractivity contribution in [2.75, 3.05) is 19.8 Å². The Morgan fingerprint density at radius 1 is 1.08 bits per heavy atom. The van der Waals surface area contributed by atoms with Gasteiger partial charge in [-0.25, -0.2) is 0 Å². The van der Waals surface area contributed by atoms with Crippen LogP contribution in [0.2, 0.25) is 0 Å². The van der Waals surface area contributed by atoms with Gasteiger partial charge in [0.1, 0.15) is 23.5 Å². The highest BCUT2D eigenvalue weighted by Crippen LogP contribution is 2.32. The third-order valence-corrected chi connectivity index (χ3v) is 3.57. The smallest absolute Gasteiger partial charge is 0.200 e. The van der Waals surface area contributed by atoms with Gasteiger partial charge in [0.05, 0.1) is 17.4 Å². The molecule has 0 aliphatic heterocycles. The Morgan fingerprint density at radius 2 is 1.88 bits per heavy atom. The lowest BCUT2D eigenvalue weighted by Gasteiger charge is -2.09. The highest BCUT2D eigenvalue weighted by molar-refractivity contribution is 5.91. The van der Waals surface area contributed by atoms with E-state index in [4.69, 9.17) is 19.6 Å². The number of fused-ring (bicyclic) bond motifs is 2. The number of phenols is 1. The highest BCUT2D eigenvalue weighted by atomic mass is 16.5. The van der Waals surface area contributed by atoms with Gasteiger partial charge in [0.15, 0.2) is 11.5 Å². The van der Waals surface area contributed by atoms with Crippen LogP contribution in [0, 0.1) is 0 Å². The summed E-state index contributed by atoms with van der Waals surface area (Å²) in [6, 6.07) is 7.93. The minimum atomic E-state index is -0.203. The third-order valence-electron chi connectivity index (χ3n) is 3.57. The van der Waals surface area contributed by atoms with Gasteiger partial charge in [-0.3, -0.25) is 4.79 Å². The molecule has 126 valence electrons. The van der Waals surface area contributed by atoms with Crippen molar-refractivity contribution < 1.29 is 19.0 Å². The molecule has 0 saturated carbocycles. The van der Waals surface area contributed by atoms with Gasteiger partial charge in [0, 0.05) is 12.6 Å². The van der Waals surface area contributed by atoms with Crippen molar-refractivity contribution in [3.05, 3.63) is 40.6 Å². The molecule has 3 rings (SSSR count). The molecule has 24 heavy (non-hydrogen) atoms. The van der Waals surface area contributed by atoms with Crippen molar-refractivity contribution in [3.8, 4) is 17.2 Å². The zero-order valence-corrected chi connectivity index (χ0v) is 13.4. The maximum Gasteiger partial charge on any atom is 0.200 e. The molecule has 0 atom stereocenters. The molecule has 0 unspecified atom stereocenters. The van der Waals surface area contributed by atoms with Crippen LogP contribution < -0.4 is 20.6 Å². The second kappa shape index (κ2) is 6.80. The van der Waals surface area contributed by atoms with E-state index in [1.807, 2.05) is 6.92 Å². The van der Waals surface area contributed by atoms with E-state index in [1.54, 1.807) is 18.2 Å². The number of benzene rings is 2. The predicted molar refractivity (Wildman–Crippen MR) is 92.0 cm³/mol. The van der Waals surface area contributed by atoms with Gasteiger partial charge in [0.25, 0.3) is 0 Å². The first kappa shape index (κ1) is 16.1. The standard InChI is InChI=1S/C18H19NO5/c1-2-6-23-17-9-13-16(10-14(17)20)24-15-4-3-11(22-7-5-19)8-12(15)18(13)21/h3-4,8-10,20H,2,5-7,19H2,1H3. The van der Waals surface area contributed by atoms with Crippen LogP contribution in [0.4, 0.5) is 0 Å². The lowest BCUT2D eigenvalue weighted by Crippen LogP contribution is -2.11. The fraction of sp³-hybridized carbons (Fsp3) is 0.278. The molecule has 0 saturated heterocycles. The molecule has 0 spiro atoms. The molecule has 0 radical (unpaired) electrons. The topological polar surface area (TPSA) is 94.9 Å². The van der Waals surface area contributed by atoms with Crippen molar-refractivity contribution in [1.82, 2.24) is 0 Å². The molecule has 0 amide bonds. The van der Waals surface area contributed by atoms with Gasteiger partial charge in [-0.1, -0.05) is 6.92 Å². The molecule has 3 aromatic rings. The monoisotopic (exact) mass is 329 g/mol. The fourth-order valence-electron chi connectivity index (χ4n) is 2.44. The first-order chi connectivity index (χ1) is 11.6. The first-order valence-electron chi connectivity index (χ1n) is 7.83. The van der Waals surface area contributed by atoms with Gasteiger partial charge in [-0.05, 0) is 30.7 Å². The van der Waals surface area contributed by atoms with E-state index in [0.717, 1.165) is 6.42 Å². The number of hydrogen-bond donors (Lipinski definition) is 2. The second-order valence-electron chi connectivity index (χ2n) is 5.39. The average molecular weight is 329 g/mol. The van der Waals surface area contributed by atoms with Crippen LogP contribution in [0.25, 0.3) is 21.9 Å². The Labute approximate surface area is 138 Å². The highest BCUT2D eigenvalue weighted by Gasteiger charge is 2.13. The summed E-state index contributed by atoms with van der Waals surface area (Å²) >= 11 is 0. The summed E-state index contributed by atoms with van der Waals surface area (Å²) in [6.45, 7) is 3.17. The van der Waals surface area contributed by atoms with E-state index in [0.29, 0.717) is 47.4 Å². The Kier molecular flexibility index (Phi) is 4.57. The Bertz CT molecular complexity index is 932. The van der Waals surface area contributed by atoms with Crippen molar-refractivity contribution in [3.63, 3.8) is 0 Å². The van der Waals surface area contributed by atoms with Gasteiger partial charge >= 0.3 is 0 Å². The van der Waals surface area contributed by atoms with Gasteiger partial charge in [0.2, 0.25) is 5.43 Å². The molecule has 1 heterocycles. The SMILES string of the molecule is CCCOc1cc2c(=O)c3cc(OCCN)ccc3oc2cc1O. The zero-order chi connectivity index (χ0) is 17.1. The van der Waals surface area contributed by atoms with Crippen LogP contribution in [-0.2, 0) is 0 Å². The van der Waals surface area contributed by atoms with Gasteiger partial charge in [-0.2, -0.15) is 0 Å². The Hall–Kier alpha value is -2.73. The minimum Gasteiger partial charge on any atom is -0.504 e.